The topological polar surface area (TPSA) is 66.8 Å². The molecule has 1 aliphatic rings. The summed E-state index contributed by atoms with van der Waals surface area (Å²) in [5.41, 5.74) is 1.57. The summed E-state index contributed by atoms with van der Waals surface area (Å²) in [6.07, 6.45) is 2.12. The Morgan fingerprint density at radius 2 is 2.17 bits per heavy atom. The van der Waals surface area contributed by atoms with E-state index in [9.17, 15) is 9.59 Å². The zero-order chi connectivity index (χ0) is 16.8. The molecule has 1 heterocycles. The van der Waals surface area contributed by atoms with Crippen LogP contribution in [0.3, 0.4) is 0 Å². The number of esters is 1. The van der Waals surface area contributed by atoms with Crippen molar-refractivity contribution in [3.63, 3.8) is 0 Å². The molecule has 0 aromatic heterocycles. The lowest BCUT2D eigenvalue weighted by Crippen LogP contribution is -2.30. The van der Waals surface area contributed by atoms with E-state index in [0.717, 1.165) is 24.9 Å². The molecule has 23 heavy (non-hydrogen) atoms. The Morgan fingerprint density at radius 1 is 1.39 bits per heavy atom. The van der Waals surface area contributed by atoms with E-state index in [1.807, 2.05) is 32.0 Å². The molecule has 1 aliphatic heterocycles. The molecular formula is C18H25NO4. The molecule has 126 valence electrons. The average Bonchev–Trinajstić information content (AvgIpc) is 2.91. The second kappa shape index (κ2) is 8.11. The van der Waals surface area contributed by atoms with Gasteiger partial charge in [0, 0.05) is 12.6 Å². The van der Waals surface area contributed by atoms with Gasteiger partial charge in [-0.3, -0.25) is 9.69 Å². The Hall–Kier alpha value is -1.88. The molecule has 1 fully saturated rings. The highest BCUT2D eigenvalue weighted by molar-refractivity contribution is 5.89. The molecule has 0 aliphatic carbocycles. The molecule has 1 N–H and O–H groups in total. The van der Waals surface area contributed by atoms with Crippen molar-refractivity contribution in [2.75, 3.05) is 13.2 Å². The molecule has 1 aromatic carbocycles. The van der Waals surface area contributed by atoms with Gasteiger partial charge < -0.3 is 9.84 Å². The number of carboxylic acids is 1. The van der Waals surface area contributed by atoms with Crippen LogP contribution in [0, 0.1) is 5.92 Å². The monoisotopic (exact) mass is 319 g/mol. The molecule has 1 atom stereocenters. The summed E-state index contributed by atoms with van der Waals surface area (Å²) >= 11 is 0. The fourth-order valence-corrected chi connectivity index (χ4v) is 2.89. The Kier molecular flexibility index (Phi) is 6.16. The Balaban J connectivity index is 1.99. The van der Waals surface area contributed by atoms with Crippen molar-refractivity contribution in [1.29, 1.82) is 0 Å². The molecule has 0 bridgehead atoms. The van der Waals surface area contributed by atoms with Gasteiger partial charge in [0.1, 0.15) is 0 Å². The van der Waals surface area contributed by atoms with E-state index in [1.165, 1.54) is 0 Å². The van der Waals surface area contributed by atoms with Crippen LogP contribution in [0.2, 0.25) is 0 Å². The first-order chi connectivity index (χ1) is 11.0. The van der Waals surface area contributed by atoms with Gasteiger partial charge in [0.05, 0.1) is 18.6 Å². The maximum absolute atomic E-state index is 12.0. The van der Waals surface area contributed by atoms with E-state index in [1.54, 1.807) is 6.07 Å². The van der Waals surface area contributed by atoms with E-state index in [4.69, 9.17) is 9.84 Å². The largest absolute Gasteiger partial charge is 0.481 e. The van der Waals surface area contributed by atoms with Crippen LogP contribution in [-0.4, -0.2) is 41.1 Å². The van der Waals surface area contributed by atoms with E-state index >= 15 is 0 Å². The van der Waals surface area contributed by atoms with Crippen LogP contribution >= 0.6 is 0 Å². The van der Waals surface area contributed by atoms with Crippen LogP contribution in [0.4, 0.5) is 0 Å². The minimum absolute atomic E-state index is 0.0871. The summed E-state index contributed by atoms with van der Waals surface area (Å²) in [4.78, 5) is 25.2. The van der Waals surface area contributed by atoms with Gasteiger partial charge in [0.2, 0.25) is 0 Å². The van der Waals surface area contributed by atoms with Crippen molar-refractivity contribution in [2.24, 2.45) is 5.92 Å². The van der Waals surface area contributed by atoms with Gasteiger partial charge in [-0.25, -0.2) is 4.79 Å². The third-order valence-corrected chi connectivity index (χ3v) is 4.01. The predicted octanol–water partition coefficient (Wildman–Crippen LogP) is 2.94. The third kappa shape index (κ3) is 5.36. The van der Waals surface area contributed by atoms with Gasteiger partial charge in [-0.2, -0.15) is 0 Å². The van der Waals surface area contributed by atoms with Crippen molar-refractivity contribution >= 4 is 11.9 Å². The quantitative estimate of drug-likeness (QED) is 0.783. The number of hydrogen-bond acceptors (Lipinski definition) is 4. The molecule has 1 unspecified atom stereocenters. The van der Waals surface area contributed by atoms with Crippen LogP contribution in [0.5, 0.6) is 0 Å². The smallest absolute Gasteiger partial charge is 0.338 e. The third-order valence-electron chi connectivity index (χ3n) is 4.01. The molecule has 2 rings (SSSR count). The second-order valence-corrected chi connectivity index (χ2v) is 6.56. The lowest BCUT2D eigenvalue weighted by atomic mass is 10.1. The molecule has 5 heteroatoms. The summed E-state index contributed by atoms with van der Waals surface area (Å²) in [5.74, 6) is -0.750. The summed E-state index contributed by atoms with van der Waals surface area (Å²) in [6.45, 7) is 5.98. The number of carbonyl (C=O) groups excluding carboxylic acids is 1. The van der Waals surface area contributed by atoms with Crippen molar-refractivity contribution in [3.05, 3.63) is 35.4 Å². The van der Waals surface area contributed by atoms with E-state index in [2.05, 4.69) is 4.90 Å². The van der Waals surface area contributed by atoms with Gasteiger partial charge in [0.25, 0.3) is 0 Å². The van der Waals surface area contributed by atoms with Crippen molar-refractivity contribution in [1.82, 2.24) is 4.90 Å². The minimum Gasteiger partial charge on any atom is -0.481 e. The van der Waals surface area contributed by atoms with Crippen LogP contribution in [-0.2, 0) is 16.1 Å². The van der Waals surface area contributed by atoms with Crippen molar-refractivity contribution in [3.8, 4) is 0 Å². The first kappa shape index (κ1) is 17.5. The van der Waals surface area contributed by atoms with E-state index in [-0.39, 0.29) is 18.4 Å². The minimum atomic E-state index is -0.757. The van der Waals surface area contributed by atoms with Gasteiger partial charge in [0.15, 0.2) is 0 Å². The number of ether oxygens (including phenoxy) is 1. The number of hydrogen-bond donors (Lipinski definition) is 1. The first-order valence-electron chi connectivity index (χ1n) is 8.17. The molecule has 0 radical (unpaired) electrons. The Morgan fingerprint density at radius 3 is 2.87 bits per heavy atom. The summed E-state index contributed by atoms with van der Waals surface area (Å²) in [5, 5.41) is 8.99. The number of carbonyl (C=O) groups is 2. The standard InChI is InChI=1S/C18H25NO4/c1-13(2)12-23-18(22)15-6-3-5-14(9-15)11-19-8-4-7-16(19)10-17(20)21/h3,5-6,9,13,16H,4,7-8,10-12H2,1-2H3,(H,20,21). The lowest BCUT2D eigenvalue weighted by Gasteiger charge is -2.23. The van der Waals surface area contributed by atoms with Gasteiger partial charge >= 0.3 is 11.9 Å². The number of nitrogens with zero attached hydrogens (tertiary/aromatic N) is 1. The predicted molar refractivity (Wildman–Crippen MR) is 87.2 cm³/mol. The summed E-state index contributed by atoms with van der Waals surface area (Å²) in [6, 6.07) is 7.51. The number of rotatable bonds is 7. The normalized spacial score (nSPS) is 18.3. The van der Waals surface area contributed by atoms with Gasteiger partial charge in [-0.15, -0.1) is 0 Å². The highest BCUT2D eigenvalue weighted by atomic mass is 16.5. The molecule has 0 saturated carbocycles. The number of benzene rings is 1. The van der Waals surface area contributed by atoms with Crippen molar-refractivity contribution < 1.29 is 19.4 Å². The highest BCUT2D eigenvalue weighted by Crippen LogP contribution is 2.23. The fraction of sp³-hybridized carbons (Fsp3) is 0.556. The molecule has 1 saturated heterocycles. The maximum Gasteiger partial charge on any atom is 0.338 e. The first-order valence-corrected chi connectivity index (χ1v) is 8.17. The summed E-state index contributed by atoms with van der Waals surface area (Å²) in [7, 11) is 0. The molecule has 0 amide bonds. The van der Waals surface area contributed by atoms with E-state index < -0.39 is 5.97 Å². The van der Waals surface area contributed by atoms with Crippen LogP contribution < -0.4 is 0 Å². The zero-order valence-corrected chi connectivity index (χ0v) is 13.8. The Labute approximate surface area is 137 Å². The fourth-order valence-electron chi connectivity index (χ4n) is 2.89. The number of likely N-dealkylation sites (tertiary alicyclic amines) is 1. The number of aliphatic carboxylic acids is 1. The molecular weight excluding hydrogens is 294 g/mol. The van der Waals surface area contributed by atoms with Crippen LogP contribution in [0.25, 0.3) is 0 Å². The molecule has 1 aromatic rings. The number of carboxylic acid groups (broad SMARTS) is 1. The van der Waals surface area contributed by atoms with Crippen LogP contribution in [0.15, 0.2) is 24.3 Å². The lowest BCUT2D eigenvalue weighted by molar-refractivity contribution is -0.138. The van der Waals surface area contributed by atoms with Gasteiger partial charge in [-0.05, 0) is 43.0 Å². The molecule has 0 spiro atoms. The van der Waals surface area contributed by atoms with Gasteiger partial charge in [-0.1, -0.05) is 26.0 Å². The molecule has 5 nitrogen and oxygen atoms in total. The average molecular weight is 319 g/mol. The summed E-state index contributed by atoms with van der Waals surface area (Å²) < 4.78 is 5.26. The van der Waals surface area contributed by atoms with Crippen LogP contribution in [0.1, 0.15) is 49.0 Å². The van der Waals surface area contributed by atoms with Crippen molar-refractivity contribution in [2.45, 2.75) is 45.7 Å². The van der Waals surface area contributed by atoms with E-state index in [0.29, 0.717) is 24.6 Å². The zero-order valence-electron chi connectivity index (χ0n) is 13.8. The SMILES string of the molecule is CC(C)COC(=O)c1cccc(CN2CCCC2CC(=O)O)c1. The highest BCUT2D eigenvalue weighted by Gasteiger charge is 2.26. The maximum atomic E-state index is 12.0. The Bertz CT molecular complexity index is 556. The second-order valence-electron chi connectivity index (χ2n) is 6.56.